The van der Waals surface area contributed by atoms with E-state index in [0.717, 1.165) is 0 Å². The molecule has 0 radical (unpaired) electrons. The average molecular weight is 534 g/mol. The molecule has 0 fully saturated rings. The van der Waals surface area contributed by atoms with Gasteiger partial charge in [0.2, 0.25) is 5.91 Å². The molecule has 2 atom stereocenters. The predicted molar refractivity (Wildman–Crippen MR) is 138 cm³/mol. The predicted octanol–water partition coefficient (Wildman–Crippen LogP) is 5.21. The van der Waals surface area contributed by atoms with E-state index < -0.39 is 31.3 Å². The molecule has 3 aromatic rings. The van der Waals surface area contributed by atoms with Crippen LogP contribution in [0.2, 0.25) is 0 Å². The molecule has 2 unspecified atom stereocenters. The third-order valence-electron chi connectivity index (χ3n) is 4.95. The molecule has 0 aliphatic carbocycles. The van der Waals surface area contributed by atoms with Crippen LogP contribution in [0, 0.1) is 5.82 Å². The molecule has 1 heterocycles. The Balaban J connectivity index is 1.80. The van der Waals surface area contributed by atoms with Crippen LogP contribution in [0.3, 0.4) is 0 Å². The van der Waals surface area contributed by atoms with Gasteiger partial charge in [0.1, 0.15) is 11.6 Å². The second-order valence-corrected chi connectivity index (χ2v) is 11.0. The lowest BCUT2D eigenvalue weighted by atomic mass is 10.1. The van der Waals surface area contributed by atoms with Gasteiger partial charge in [-0.3, -0.25) is 14.2 Å². The van der Waals surface area contributed by atoms with E-state index >= 15 is 0 Å². The first-order chi connectivity index (χ1) is 17.3. The molecule has 1 amide bonds. The highest BCUT2D eigenvalue weighted by Crippen LogP contribution is 2.44. The van der Waals surface area contributed by atoms with Gasteiger partial charge >= 0.3 is 13.5 Å². The maximum atomic E-state index is 13.7. The van der Waals surface area contributed by atoms with Crippen LogP contribution in [0.5, 0.6) is 5.75 Å². The number of carbonyl (C=O) groups is 2. The molecule has 0 aliphatic rings. The summed E-state index contributed by atoms with van der Waals surface area (Å²) in [6, 6.07) is 13.5. The van der Waals surface area contributed by atoms with E-state index in [1.54, 1.807) is 48.7 Å². The van der Waals surface area contributed by atoms with E-state index in [9.17, 15) is 18.5 Å². The zero-order valence-electron chi connectivity index (χ0n) is 20.1. The van der Waals surface area contributed by atoms with Crippen molar-refractivity contribution >= 4 is 35.9 Å². The van der Waals surface area contributed by atoms with Gasteiger partial charge in [0.05, 0.1) is 24.8 Å². The molecule has 192 valence electrons. The summed E-state index contributed by atoms with van der Waals surface area (Å²) in [5.74, 6) is -0.862. The molecule has 0 saturated carbocycles. The fourth-order valence-electron chi connectivity index (χ4n) is 3.37. The minimum Gasteiger partial charge on any atom is -0.466 e. The number of hydrogen-bond donors (Lipinski definition) is 2. The molecular weight excluding hydrogens is 504 g/mol. The molecule has 36 heavy (non-hydrogen) atoms. The first-order valence-electron chi connectivity index (χ1n) is 11.6. The zero-order valence-corrected chi connectivity index (χ0v) is 21.8. The van der Waals surface area contributed by atoms with E-state index in [1.807, 2.05) is 13.0 Å². The Morgan fingerprint density at radius 1 is 1.11 bits per heavy atom. The number of thiazole rings is 1. The summed E-state index contributed by atoms with van der Waals surface area (Å²) in [7, 11) is -3.49. The second-order valence-electron chi connectivity index (χ2n) is 7.93. The summed E-state index contributed by atoms with van der Waals surface area (Å²) >= 11 is 1.17. The van der Waals surface area contributed by atoms with Crippen LogP contribution in [0.4, 0.5) is 9.52 Å². The van der Waals surface area contributed by atoms with Crippen LogP contribution in [-0.2, 0) is 31.7 Å². The highest BCUT2D eigenvalue weighted by Gasteiger charge is 2.32. The van der Waals surface area contributed by atoms with Gasteiger partial charge in [-0.1, -0.05) is 37.3 Å². The van der Waals surface area contributed by atoms with Crippen LogP contribution in [-0.4, -0.2) is 35.7 Å². The van der Waals surface area contributed by atoms with E-state index in [1.165, 1.54) is 23.5 Å². The first-order valence-corrected chi connectivity index (χ1v) is 14.3. The minimum absolute atomic E-state index is 0.00587. The number of aromatic nitrogens is 1. The van der Waals surface area contributed by atoms with Gasteiger partial charge < -0.3 is 14.6 Å². The lowest BCUT2D eigenvalue weighted by molar-refractivity contribution is -0.142. The molecule has 1 aromatic heterocycles. The lowest BCUT2D eigenvalue weighted by Crippen LogP contribution is -2.41. The number of amides is 1. The number of anilines is 1. The maximum absolute atomic E-state index is 13.7. The monoisotopic (exact) mass is 533 g/mol. The Labute approximate surface area is 213 Å². The van der Waals surface area contributed by atoms with Crippen LogP contribution >= 0.6 is 18.9 Å². The minimum atomic E-state index is -3.49. The van der Waals surface area contributed by atoms with Crippen molar-refractivity contribution in [2.45, 2.75) is 39.2 Å². The largest absolute Gasteiger partial charge is 0.466 e. The van der Waals surface area contributed by atoms with Gasteiger partial charge in [-0.25, -0.2) is 14.5 Å². The summed E-state index contributed by atoms with van der Waals surface area (Å²) in [5, 5.41) is 7.63. The molecule has 0 saturated heterocycles. The van der Waals surface area contributed by atoms with Crippen molar-refractivity contribution in [2.75, 3.05) is 18.1 Å². The number of rotatable bonds is 13. The van der Waals surface area contributed by atoms with Crippen LogP contribution in [0.15, 0.2) is 60.0 Å². The number of esters is 1. The van der Waals surface area contributed by atoms with Crippen molar-refractivity contribution in [3.8, 4) is 5.75 Å². The molecule has 3 rings (SSSR count). The first kappa shape index (κ1) is 27.5. The standard InChI is InChI=1S/C25H29FN3O5PS/c1-3-14-35(32,34-21-8-6-5-7-9-21)29-22(15-18-10-12-19(26)13-11-18)24(31)28-25-27-20(17-36-25)16-23(30)33-4-2/h5-13,17,22H,3-4,14-16H2,1-2H3,(H,29,32)(H,27,28,31). The van der Waals surface area contributed by atoms with Crippen molar-refractivity contribution in [1.29, 1.82) is 0 Å². The van der Waals surface area contributed by atoms with Crippen molar-refractivity contribution in [3.63, 3.8) is 0 Å². The molecule has 0 aliphatic heterocycles. The SMILES string of the molecule is CCCP(=O)(NC(Cc1ccc(F)cc1)C(=O)Nc1nc(CC(=O)OCC)cs1)Oc1ccccc1. The summed E-state index contributed by atoms with van der Waals surface area (Å²) < 4.78 is 37.9. The maximum Gasteiger partial charge on any atom is 0.317 e. The Hall–Kier alpha value is -3.07. The summed E-state index contributed by atoms with van der Waals surface area (Å²) in [6.07, 6.45) is 0.898. The van der Waals surface area contributed by atoms with Gasteiger partial charge in [-0.05, 0) is 49.6 Å². The van der Waals surface area contributed by atoms with Crippen LogP contribution < -0.4 is 14.9 Å². The quantitative estimate of drug-likeness (QED) is 0.230. The normalized spacial score (nSPS) is 13.4. The van der Waals surface area contributed by atoms with Crippen molar-refractivity contribution in [2.24, 2.45) is 0 Å². The fourth-order valence-corrected chi connectivity index (χ4v) is 6.09. The number of ether oxygens (including phenoxy) is 1. The van der Waals surface area contributed by atoms with Crippen molar-refractivity contribution in [1.82, 2.24) is 10.1 Å². The Bertz CT molecular complexity index is 1190. The third-order valence-corrected chi connectivity index (χ3v) is 8.00. The number of benzene rings is 2. The number of para-hydroxylation sites is 1. The van der Waals surface area contributed by atoms with Gasteiger partial charge in [0.25, 0.3) is 0 Å². The molecule has 2 N–H and O–H groups in total. The topological polar surface area (TPSA) is 107 Å². The molecule has 8 nitrogen and oxygen atoms in total. The highest BCUT2D eigenvalue weighted by atomic mass is 32.1. The van der Waals surface area contributed by atoms with Gasteiger partial charge in [0.15, 0.2) is 5.13 Å². The summed E-state index contributed by atoms with van der Waals surface area (Å²) in [5.41, 5.74) is 1.15. The Morgan fingerprint density at radius 2 is 1.83 bits per heavy atom. The fraction of sp³-hybridized carbons (Fsp3) is 0.320. The molecule has 0 bridgehead atoms. The van der Waals surface area contributed by atoms with E-state index in [0.29, 0.717) is 28.6 Å². The van der Waals surface area contributed by atoms with Crippen LogP contribution in [0.25, 0.3) is 0 Å². The van der Waals surface area contributed by atoms with Crippen LogP contribution in [0.1, 0.15) is 31.5 Å². The third kappa shape index (κ3) is 8.55. The highest BCUT2D eigenvalue weighted by molar-refractivity contribution is 7.57. The number of nitrogens with one attached hydrogen (secondary N) is 2. The molecular formula is C25H29FN3O5PS. The van der Waals surface area contributed by atoms with Gasteiger partial charge in [0, 0.05) is 11.5 Å². The van der Waals surface area contributed by atoms with Gasteiger partial charge in [-0.2, -0.15) is 0 Å². The smallest absolute Gasteiger partial charge is 0.317 e. The lowest BCUT2D eigenvalue weighted by Gasteiger charge is -2.25. The zero-order chi connectivity index (χ0) is 26.0. The van der Waals surface area contributed by atoms with Crippen molar-refractivity contribution < 1.29 is 27.8 Å². The Morgan fingerprint density at radius 3 is 2.50 bits per heavy atom. The van der Waals surface area contributed by atoms with E-state index in [4.69, 9.17) is 9.26 Å². The Kier molecular flexibility index (Phi) is 10.2. The van der Waals surface area contributed by atoms with Gasteiger partial charge in [-0.15, -0.1) is 11.3 Å². The number of nitrogens with zero attached hydrogens (tertiary/aromatic N) is 1. The molecule has 2 aromatic carbocycles. The molecule has 11 heteroatoms. The average Bonchev–Trinajstić information content (AvgIpc) is 3.27. The van der Waals surface area contributed by atoms with Crippen molar-refractivity contribution in [3.05, 3.63) is 77.1 Å². The number of halogens is 1. The number of hydrogen-bond acceptors (Lipinski definition) is 7. The summed E-state index contributed by atoms with van der Waals surface area (Å²) in [6.45, 7) is 3.86. The van der Waals surface area contributed by atoms with E-state index in [2.05, 4.69) is 15.4 Å². The molecule has 0 spiro atoms. The number of carbonyl (C=O) groups excluding carboxylic acids is 2. The second kappa shape index (κ2) is 13.3. The van der Waals surface area contributed by atoms with E-state index in [-0.39, 0.29) is 25.6 Å². The summed E-state index contributed by atoms with van der Waals surface area (Å²) in [4.78, 5) is 29.3.